The summed E-state index contributed by atoms with van der Waals surface area (Å²) in [5, 5.41) is 23.2. The van der Waals surface area contributed by atoms with Gasteiger partial charge in [0.15, 0.2) is 5.03 Å². The second kappa shape index (κ2) is 12.1. The average Bonchev–Trinajstić information content (AvgIpc) is 3.59. The van der Waals surface area contributed by atoms with Gasteiger partial charge in [-0.1, -0.05) is 6.92 Å². The predicted molar refractivity (Wildman–Crippen MR) is 141 cm³/mol. The van der Waals surface area contributed by atoms with Crippen molar-refractivity contribution in [3.63, 3.8) is 0 Å². The number of ether oxygens (including phenoxy) is 1. The summed E-state index contributed by atoms with van der Waals surface area (Å²) in [7, 11) is -0.760. The van der Waals surface area contributed by atoms with Crippen molar-refractivity contribution >= 4 is 27.5 Å². The van der Waals surface area contributed by atoms with E-state index in [9.17, 15) is 23.1 Å². The number of hydrogen-bond donors (Lipinski definition) is 2. The van der Waals surface area contributed by atoms with E-state index < -0.39 is 22.2 Å². The van der Waals surface area contributed by atoms with Gasteiger partial charge in [0, 0.05) is 44.0 Å². The van der Waals surface area contributed by atoms with Crippen LogP contribution < -0.4 is 10.1 Å². The zero-order valence-electron chi connectivity index (χ0n) is 22.7. The topological polar surface area (TPSA) is 178 Å². The van der Waals surface area contributed by atoms with Gasteiger partial charge in [0.2, 0.25) is 11.8 Å². The number of imidazole rings is 1. The fourth-order valence-corrected chi connectivity index (χ4v) is 5.50. The first kappa shape index (κ1) is 29.1. The summed E-state index contributed by atoms with van der Waals surface area (Å²) in [6.07, 6.45) is 3.46. The van der Waals surface area contributed by atoms with Crippen LogP contribution in [0.5, 0.6) is 5.75 Å². The van der Waals surface area contributed by atoms with Crippen molar-refractivity contribution in [1.29, 1.82) is 0 Å². The number of rotatable bonds is 9. The van der Waals surface area contributed by atoms with Crippen LogP contribution in [0.15, 0.2) is 42.1 Å². The Morgan fingerprint density at radius 3 is 2.75 bits per heavy atom. The Labute approximate surface area is 231 Å². The zero-order valence-corrected chi connectivity index (χ0v) is 23.5. The summed E-state index contributed by atoms with van der Waals surface area (Å²) >= 11 is 0. The standard InChI is InChI=1S/C24H33N9O6S/c1-16-9-33(17(2)13-34)24(36)8-18-7-19(27-22(35)11-32-15-26-28-29-32)5-6-20(18)39-21(16)10-31(4)40(37,38)23-12-30(3)14-25-23/h5-7,12,14-17,21,34H,8-11,13H2,1-4H3,(H,27,35)/t16-,17+,21+/m0/s1. The van der Waals surface area contributed by atoms with Gasteiger partial charge in [0.25, 0.3) is 10.0 Å². The number of anilines is 1. The highest BCUT2D eigenvalue weighted by Gasteiger charge is 2.34. The Morgan fingerprint density at radius 1 is 1.32 bits per heavy atom. The molecule has 0 aliphatic carbocycles. The van der Waals surface area contributed by atoms with Crippen molar-refractivity contribution in [2.24, 2.45) is 13.0 Å². The lowest BCUT2D eigenvalue weighted by atomic mass is 10.0. The van der Waals surface area contributed by atoms with E-state index in [1.165, 1.54) is 34.9 Å². The summed E-state index contributed by atoms with van der Waals surface area (Å²) in [5.74, 6) is -0.511. The van der Waals surface area contributed by atoms with E-state index in [0.29, 0.717) is 17.0 Å². The Bertz CT molecular complexity index is 1440. The molecule has 0 saturated heterocycles. The maximum Gasteiger partial charge on any atom is 0.261 e. The Morgan fingerprint density at radius 2 is 2.10 bits per heavy atom. The largest absolute Gasteiger partial charge is 0.488 e. The van der Waals surface area contributed by atoms with Crippen molar-refractivity contribution in [3.8, 4) is 5.75 Å². The van der Waals surface area contributed by atoms with Crippen molar-refractivity contribution in [2.45, 2.75) is 44.0 Å². The van der Waals surface area contributed by atoms with E-state index in [2.05, 4.69) is 25.8 Å². The molecule has 15 nitrogen and oxygen atoms in total. The first-order chi connectivity index (χ1) is 19.0. The molecule has 16 heteroatoms. The van der Waals surface area contributed by atoms with E-state index in [0.717, 1.165) is 0 Å². The molecule has 40 heavy (non-hydrogen) atoms. The lowest BCUT2D eigenvalue weighted by Gasteiger charge is -2.33. The van der Waals surface area contributed by atoms with E-state index in [1.54, 1.807) is 41.6 Å². The Hall–Kier alpha value is -3.89. The van der Waals surface area contributed by atoms with Crippen molar-refractivity contribution < 1.29 is 27.9 Å². The van der Waals surface area contributed by atoms with Gasteiger partial charge in [-0.05, 0) is 35.5 Å². The minimum Gasteiger partial charge on any atom is -0.488 e. The van der Waals surface area contributed by atoms with Crippen molar-refractivity contribution in [3.05, 3.63) is 42.6 Å². The predicted octanol–water partition coefficient (Wildman–Crippen LogP) is -0.485. The molecule has 4 rings (SSSR count). The molecule has 2 N–H and O–H groups in total. The van der Waals surface area contributed by atoms with Gasteiger partial charge in [-0.25, -0.2) is 18.1 Å². The SMILES string of the molecule is C[C@H](CO)N1C[C@H](C)[C@@H](CN(C)S(=O)(=O)c2cn(C)cn2)Oc2ccc(NC(=O)Cn3cnnn3)cc2CC1=O. The molecule has 2 amide bonds. The third kappa shape index (κ3) is 6.63. The number of amides is 2. The highest BCUT2D eigenvalue weighted by molar-refractivity contribution is 7.89. The number of fused-ring (bicyclic) bond motifs is 1. The number of aliphatic hydroxyl groups excluding tert-OH is 1. The average molecular weight is 576 g/mol. The summed E-state index contributed by atoms with van der Waals surface area (Å²) in [4.78, 5) is 31.4. The van der Waals surface area contributed by atoms with Crippen LogP contribution in [0, 0.1) is 5.92 Å². The molecular weight excluding hydrogens is 542 g/mol. The molecule has 1 aliphatic heterocycles. The Kier molecular flexibility index (Phi) is 8.80. The normalized spacial score (nSPS) is 18.9. The first-order valence-corrected chi connectivity index (χ1v) is 14.1. The second-order valence-corrected chi connectivity index (χ2v) is 11.9. The fourth-order valence-electron chi connectivity index (χ4n) is 4.36. The van der Waals surface area contributed by atoms with Gasteiger partial charge in [0.1, 0.15) is 24.7 Å². The highest BCUT2D eigenvalue weighted by Crippen LogP contribution is 2.29. The monoisotopic (exact) mass is 575 g/mol. The van der Waals surface area contributed by atoms with Crippen LogP contribution >= 0.6 is 0 Å². The molecule has 0 spiro atoms. The molecule has 1 aliphatic rings. The molecule has 0 bridgehead atoms. The maximum absolute atomic E-state index is 13.4. The van der Waals surface area contributed by atoms with Crippen LogP contribution in [-0.2, 0) is 39.6 Å². The van der Waals surface area contributed by atoms with Crippen LogP contribution in [-0.4, -0.2) is 103 Å². The number of carbonyl (C=O) groups is 2. The number of hydrogen-bond acceptors (Lipinski definition) is 10. The van der Waals surface area contributed by atoms with E-state index in [4.69, 9.17) is 4.74 Å². The molecule has 3 heterocycles. The summed E-state index contributed by atoms with van der Waals surface area (Å²) in [5.41, 5.74) is 0.948. The number of nitrogens with one attached hydrogen (secondary N) is 1. The summed E-state index contributed by atoms with van der Waals surface area (Å²) in [6, 6.07) is 4.47. The maximum atomic E-state index is 13.4. The minimum atomic E-state index is -3.90. The van der Waals surface area contributed by atoms with Crippen LogP contribution in [0.4, 0.5) is 5.69 Å². The van der Waals surface area contributed by atoms with Gasteiger partial charge in [0.05, 0.1) is 31.9 Å². The fraction of sp³-hybridized carbons (Fsp3) is 0.500. The number of aliphatic hydroxyl groups is 1. The molecule has 0 unspecified atom stereocenters. The van der Waals surface area contributed by atoms with Crippen LogP contribution in [0.25, 0.3) is 0 Å². The van der Waals surface area contributed by atoms with Crippen LogP contribution in [0.3, 0.4) is 0 Å². The minimum absolute atomic E-state index is 0.0144. The number of tetrazole rings is 1. The number of aromatic nitrogens is 6. The third-order valence-electron chi connectivity index (χ3n) is 6.69. The number of likely N-dealkylation sites (N-methyl/N-ethyl adjacent to an activating group) is 1. The molecule has 216 valence electrons. The van der Waals surface area contributed by atoms with Crippen molar-refractivity contribution in [1.82, 2.24) is 39.0 Å². The second-order valence-electron chi connectivity index (χ2n) is 9.93. The van der Waals surface area contributed by atoms with Crippen molar-refractivity contribution in [2.75, 3.05) is 32.1 Å². The highest BCUT2D eigenvalue weighted by atomic mass is 32.2. The quantitative estimate of drug-likeness (QED) is 0.338. The molecular formula is C24H33N9O6S. The molecule has 0 saturated carbocycles. The van der Waals surface area contributed by atoms with Gasteiger partial charge in [-0.15, -0.1) is 5.10 Å². The molecule has 1 aromatic carbocycles. The number of aryl methyl sites for hydroxylation is 1. The number of sulfonamides is 1. The molecule has 3 aromatic rings. The van der Waals surface area contributed by atoms with Gasteiger partial charge >= 0.3 is 0 Å². The summed E-state index contributed by atoms with van der Waals surface area (Å²) in [6.45, 7) is 3.50. The van der Waals surface area contributed by atoms with E-state index >= 15 is 0 Å². The summed E-state index contributed by atoms with van der Waals surface area (Å²) < 4.78 is 36.7. The number of nitrogens with zero attached hydrogens (tertiary/aromatic N) is 8. The van der Waals surface area contributed by atoms with Gasteiger partial charge < -0.3 is 24.6 Å². The first-order valence-electron chi connectivity index (χ1n) is 12.6. The number of benzene rings is 1. The smallest absolute Gasteiger partial charge is 0.261 e. The van der Waals surface area contributed by atoms with Crippen LogP contribution in [0.2, 0.25) is 0 Å². The van der Waals surface area contributed by atoms with Crippen LogP contribution in [0.1, 0.15) is 19.4 Å². The van der Waals surface area contributed by atoms with E-state index in [1.807, 2.05) is 6.92 Å². The Balaban J connectivity index is 1.62. The zero-order chi connectivity index (χ0) is 29.0. The molecule has 0 fully saturated rings. The lowest BCUT2D eigenvalue weighted by molar-refractivity contribution is -0.134. The number of carbonyl (C=O) groups excluding carboxylic acids is 2. The van der Waals surface area contributed by atoms with Gasteiger partial charge in [-0.3, -0.25) is 9.59 Å². The van der Waals surface area contributed by atoms with E-state index in [-0.39, 0.29) is 55.4 Å². The molecule has 0 radical (unpaired) electrons. The van der Waals surface area contributed by atoms with Gasteiger partial charge in [-0.2, -0.15) is 4.31 Å². The lowest BCUT2D eigenvalue weighted by Crippen LogP contribution is -2.48. The molecule has 3 atom stereocenters. The third-order valence-corrected chi connectivity index (χ3v) is 8.40. The molecule has 2 aromatic heterocycles.